The molecular formula is CrGeUZr. The summed E-state index contributed by atoms with van der Waals surface area (Å²) in [5.74, 6) is 0. The first-order valence-electron chi connectivity index (χ1n) is 0. The van der Waals surface area contributed by atoms with E-state index in [1.165, 1.54) is 0 Å². The quantitative estimate of drug-likeness (QED) is 0.439. The molecule has 0 amide bonds. The first-order chi connectivity index (χ1) is 0. The summed E-state index contributed by atoms with van der Waals surface area (Å²) in [5.41, 5.74) is 0. The second-order valence-corrected chi connectivity index (χ2v) is 0. The maximum Gasteiger partial charge on any atom is 0 e. The van der Waals surface area contributed by atoms with Crippen LogP contribution in [0.4, 0.5) is 0 Å². The van der Waals surface area contributed by atoms with Gasteiger partial charge in [-0.2, -0.15) is 0 Å². The Bertz CT molecular complexity index is 8.00. The monoisotopic (exact) mass is 454 g/mol. The Hall–Kier alpha value is 3.01. The van der Waals surface area contributed by atoms with Crippen molar-refractivity contribution < 1.29 is 74.7 Å². The maximum absolute atomic E-state index is 0. The molecule has 0 heterocycles. The zero-order chi connectivity index (χ0) is 0. The van der Waals surface area contributed by atoms with Crippen molar-refractivity contribution in [2.45, 2.75) is 0 Å². The van der Waals surface area contributed by atoms with Crippen molar-refractivity contribution in [3.8, 4) is 0 Å². The molecule has 0 unspecified atom stereocenters. The van der Waals surface area contributed by atoms with E-state index in [0.29, 0.717) is 0 Å². The first-order valence-corrected chi connectivity index (χ1v) is 0. The Balaban J connectivity index is 0. The molecule has 0 atom stereocenters. The molecule has 4 radical (unpaired) electrons. The van der Waals surface area contributed by atoms with E-state index in [0.717, 1.165) is 0 Å². The van der Waals surface area contributed by atoms with Crippen molar-refractivity contribution in [3.63, 3.8) is 0 Å². The van der Waals surface area contributed by atoms with Gasteiger partial charge in [-0.15, -0.1) is 0 Å². The molecular weight excluding hydrogens is 454 g/mol. The predicted molar refractivity (Wildman–Crippen MR) is 5.75 cm³/mol. The Morgan fingerprint density at radius 3 is 1.00 bits per heavy atom. The zero-order valence-electron chi connectivity index (χ0n) is 1.91. The molecule has 0 N–H and O–H groups in total. The second kappa shape index (κ2) is 16.6. The van der Waals surface area contributed by atoms with Crippen molar-refractivity contribution in [2.75, 3.05) is 0 Å². The minimum absolute atomic E-state index is 0. The van der Waals surface area contributed by atoms with Gasteiger partial charge in [-0.1, -0.05) is 0 Å². The van der Waals surface area contributed by atoms with E-state index in [2.05, 4.69) is 0 Å². The Morgan fingerprint density at radius 2 is 1.00 bits per heavy atom. The van der Waals surface area contributed by atoms with Gasteiger partial charge < -0.3 is 0 Å². The van der Waals surface area contributed by atoms with Crippen LogP contribution in [0.15, 0.2) is 0 Å². The van der Waals surface area contributed by atoms with Crippen LogP contribution < -0.4 is 0 Å². The molecule has 0 saturated carbocycles. The van der Waals surface area contributed by atoms with Gasteiger partial charge in [0.1, 0.15) is 0 Å². The second-order valence-electron chi connectivity index (χ2n) is 0. The van der Waals surface area contributed by atoms with Crippen LogP contribution in [-0.4, -0.2) is 17.6 Å². The van der Waals surface area contributed by atoms with Crippen LogP contribution in [0.1, 0.15) is 0 Å². The third-order valence-corrected chi connectivity index (χ3v) is 0. The molecule has 4 heavy (non-hydrogen) atoms. The van der Waals surface area contributed by atoms with Crippen LogP contribution in [0.25, 0.3) is 0 Å². The minimum Gasteiger partial charge on any atom is 0 e. The van der Waals surface area contributed by atoms with Gasteiger partial charge in [-0.3, -0.25) is 0 Å². The van der Waals surface area contributed by atoms with Gasteiger partial charge in [0.05, 0.1) is 0 Å². The molecule has 0 aromatic heterocycles. The molecule has 0 fully saturated rings. The molecule has 0 spiro atoms. The summed E-state index contributed by atoms with van der Waals surface area (Å²) in [6, 6.07) is 0. The van der Waals surface area contributed by atoms with Gasteiger partial charge >= 0.3 is 0 Å². The van der Waals surface area contributed by atoms with Crippen LogP contribution in [0.5, 0.6) is 0 Å². The van der Waals surface area contributed by atoms with Crippen LogP contribution >= 0.6 is 0 Å². The molecule has 0 aliphatic rings. The van der Waals surface area contributed by atoms with Gasteiger partial charge in [0.15, 0.2) is 0 Å². The van der Waals surface area contributed by atoms with E-state index in [4.69, 9.17) is 0 Å². The minimum atomic E-state index is 0. The number of hydrogen-bond donors (Lipinski definition) is 0. The summed E-state index contributed by atoms with van der Waals surface area (Å²) in [5, 5.41) is 0. The summed E-state index contributed by atoms with van der Waals surface area (Å²) in [6.45, 7) is 0. The predicted octanol–water partition coefficient (Wildman–Crippen LogP) is -0.386. The van der Waals surface area contributed by atoms with Gasteiger partial charge in [0, 0.05) is 92.3 Å². The molecule has 0 aromatic carbocycles. The van der Waals surface area contributed by atoms with Crippen LogP contribution in [0.3, 0.4) is 0 Å². The fraction of sp³-hybridized carbons (Fsp3) is 0. The molecule has 4 heteroatoms. The smallest absolute Gasteiger partial charge is 0 e. The van der Waals surface area contributed by atoms with E-state index in [1.54, 1.807) is 0 Å². The summed E-state index contributed by atoms with van der Waals surface area (Å²) in [6.07, 6.45) is 0. The Morgan fingerprint density at radius 1 is 1.00 bits per heavy atom. The zero-order valence-corrected chi connectivity index (χ0v) is 11.9. The normalized spacial score (nSPS) is 0. The Labute approximate surface area is 90.5 Å². The van der Waals surface area contributed by atoms with Gasteiger partial charge in [0.2, 0.25) is 0 Å². The van der Waals surface area contributed by atoms with Gasteiger partial charge in [-0.25, -0.2) is 0 Å². The van der Waals surface area contributed by atoms with Crippen molar-refractivity contribution in [1.29, 1.82) is 0 Å². The molecule has 0 aromatic rings. The number of hydrogen-bond acceptors (Lipinski definition) is 0. The average Bonchev–Trinajstić information content (AvgIpc) is 0. The van der Waals surface area contributed by atoms with E-state index < -0.39 is 0 Å². The van der Waals surface area contributed by atoms with E-state index >= 15 is 0 Å². The summed E-state index contributed by atoms with van der Waals surface area (Å²) in [7, 11) is 0. The SMILES string of the molecule is [Cr].[Ge].[U].[Zr]. The Kier molecular flexibility index (Phi) is 116. The first kappa shape index (κ1) is 27.9. The van der Waals surface area contributed by atoms with Crippen LogP contribution in [0.2, 0.25) is 0 Å². The molecule has 0 bridgehead atoms. The topological polar surface area (TPSA) is 0 Å². The summed E-state index contributed by atoms with van der Waals surface area (Å²) < 4.78 is 0. The maximum atomic E-state index is 0. The molecule has 18 valence electrons. The third-order valence-electron chi connectivity index (χ3n) is 0. The fourth-order valence-corrected chi connectivity index (χ4v) is 0. The van der Waals surface area contributed by atoms with Crippen LogP contribution in [0, 0.1) is 31.1 Å². The van der Waals surface area contributed by atoms with Crippen molar-refractivity contribution in [2.24, 2.45) is 0 Å². The number of rotatable bonds is 0. The van der Waals surface area contributed by atoms with Crippen molar-refractivity contribution in [1.82, 2.24) is 0 Å². The summed E-state index contributed by atoms with van der Waals surface area (Å²) in [4.78, 5) is 0. The van der Waals surface area contributed by atoms with Gasteiger partial charge in [0.25, 0.3) is 0 Å². The fourth-order valence-electron chi connectivity index (χ4n) is 0. The van der Waals surface area contributed by atoms with Crippen molar-refractivity contribution >= 4 is 17.6 Å². The molecule has 0 rings (SSSR count). The average molecular weight is 454 g/mol. The summed E-state index contributed by atoms with van der Waals surface area (Å²) >= 11 is 0. The molecule has 0 aliphatic heterocycles. The van der Waals surface area contributed by atoms with E-state index in [-0.39, 0.29) is 92.3 Å². The molecule has 0 saturated heterocycles. The van der Waals surface area contributed by atoms with Crippen LogP contribution in [-0.2, 0) is 43.6 Å². The largest absolute Gasteiger partial charge is 0 e. The molecule has 0 aliphatic carbocycles. The third kappa shape index (κ3) is 8.89. The van der Waals surface area contributed by atoms with E-state index in [9.17, 15) is 0 Å². The standard InChI is InChI=1S/Cr.Ge.U.Zr. The molecule has 0 nitrogen and oxygen atoms in total. The van der Waals surface area contributed by atoms with Crippen molar-refractivity contribution in [3.05, 3.63) is 0 Å². The van der Waals surface area contributed by atoms with E-state index in [1.807, 2.05) is 0 Å². The van der Waals surface area contributed by atoms with Gasteiger partial charge in [-0.05, 0) is 0 Å².